The van der Waals surface area contributed by atoms with E-state index in [1.54, 1.807) is 10.7 Å². The van der Waals surface area contributed by atoms with Crippen LogP contribution in [0.3, 0.4) is 0 Å². The van der Waals surface area contributed by atoms with Crippen molar-refractivity contribution in [3.63, 3.8) is 0 Å². The van der Waals surface area contributed by atoms with E-state index in [9.17, 15) is 4.79 Å². The van der Waals surface area contributed by atoms with Gasteiger partial charge in [0.15, 0.2) is 4.67 Å². The molecule has 2 atom stereocenters. The van der Waals surface area contributed by atoms with Gasteiger partial charge in [0.2, 0.25) is 0 Å². The second kappa shape index (κ2) is 6.22. The Morgan fingerprint density at radius 1 is 1.35 bits per heavy atom. The molecule has 6 nitrogen and oxygen atoms in total. The molecule has 2 aliphatic rings. The summed E-state index contributed by atoms with van der Waals surface area (Å²) >= 11 is 3.30. The van der Waals surface area contributed by atoms with E-state index in [-0.39, 0.29) is 17.6 Å². The molecule has 2 aromatic rings. The Bertz CT molecular complexity index is 770. The zero-order valence-corrected chi connectivity index (χ0v) is 14.2. The maximum atomic E-state index is 12.4. The predicted molar refractivity (Wildman–Crippen MR) is 87.4 cm³/mol. The minimum atomic E-state index is -0.0770. The van der Waals surface area contributed by atoms with Gasteiger partial charge in [-0.05, 0) is 52.9 Å². The molecule has 4 rings (SSSR count). The summed E-state index contributed by atoms with van der Waals surface area (Å²) in [6.45, 7) is 1.67. The number of hydrogen-bond acceptors (Lipinski definition) is 5. The average molecular weight is 380 g/mol. The molecule has 23 heavy (non-hydrogen) atoms. The van der Waals surface area contributed by atoms with Crippen molar-refractivity contribution in [2.24, 2.45) is 0 Å². The first-order chi connectivity index (χ1) is 11.2. The molecule has 0 saturated carbocycles. The molecule has 122 valence electrons. The molecule has 0 radical (unpaired) electrons. The number of aromatic nitrogens is 2. The number of furan rings is 1. The van der Waals surface area contributed by atoms with Crippen LogP contribution in [0.2, 0.25) is 0 Å². The third kappa shape index (κ3) is 3.00. The van der Waals surface area contributed by atoms with Gasteiger partial charge in [0.1, 0.15) is 5.76 Å². The lowest BCUT2D eigenvalue weighted by Crippen LogP contribution is -2.41. The Balaban J connectivity index is 1.52. The summed E-state index contributed by atoms with van der Waals surface area (Å²) < 4.78 is 13.4. The molecular formula is C16H18BrN3O3. The van der Waals surface area contributed by atoms with E-state index in [0.29, 0.717) is 24.4 Å². The van der Waals surface area contributed by atoms with Gasteiger partial charge in [0.05, 0.1) is 37.5 Å². The molecule has 0 aromatic carbocycles. The zero-order chi connectivity index (χ0) is 15.8. The number of rotatable bonds is 4. The normalized spacial score (nSPS) is 23.3. The highest BCUT2D eigenvalue weighted by Gasteiger charge is 2.32. The van der Waals surface area contributed by atoms with Crippen LogP contribution >= 0.6 is 15.9 Å². The maximum Gasteiger partial charge on any atom is 0.267 e. The van der Waals surface area contributed by atoms with Gasteiger partial charge in [-0.1, -0.05) is 0 Å². The fraction of sp³-hybridized carbons (Fsp3) is 0.500. The van der Waals surface area contributed by atoms with Crippen molar-refractivity contribution in [1.82, 2.24) is 15.1 Å². The van der Waals surface area contributed by atoms with Crippen LogP contribution in [0.4, 0.5) is 0 Å². The summed E-state index contributed by atoms with van der Waals surface area (Å²) in [6.07, 6.45) is 3.01. The Kier molecular flexibility index (Phi) is 4.09. The molecular weight excluding hydrogens is 362 g/mol. The minimum Gasteiger partial charge on any atom is -0.453 e. The van der Waals surface area contributed by atoms with Crippen LogP contribution in [0.25, 0.3) is 0 Å². The molecule has 1 aliphatic carbocycles. The number of aryl methyl sites for hydroxylation is 2. The largest absolute Gasteiger partial charge is 0.453 e. The van der Waals surface area contributed by atoms with Crippen LogP contribution in [0, 0.1) is 0 Å². The molecule has 1 fully saturated rings. The van der Waals surface area contributed by atoms with Crippen LogP contribution in [0.5, 0.6) is 0 Å². The Morgan fingerprint density at radius 2 is 2.26 bits per heavy atom. The van der Waals surface area contributed by atoms with Gasteiger partial charge < -0.3 is 14.5 Å². The van der Waals surface area contributed by atoms with Gasteiger partial charge >= 0.3 is 0 Å². The number of nitrogens with zero attached hydrogens (tertiary/aromatic N) is 2. The second-order valence-electron chi connectivity index (χ2n) is 6.05. The molecule has 7 heteroatoms. The zero-order valence-electron chi connectivity index (χ0n) is 12.6. The third-order valence-electron chi connectivity index (χ3n) is 4.51. The highest BCUT2D eigenvalue weighted by Crippen LogP contribution is 2.22. The molecule has 2 unspecified atom stereocenters. The van der Waals surface area contributed by atoms with E-state index in [1.807, 2.05) is 12.1 Å². The lowest BCUT2D eigenvalue weighted by molar-refractivity contribution is 0.180. The summed E-state index contributed by atoms with van der Waals surface area (Å²) in [6, 6.07) is 5.50. The van der Waals surface area contributed by atoms with Gasteiger partial charge in [0.25, 0.3) is 5.56 Å². The van der Waals surface area contributed by atoms with Crippen LogP contribution in [0.1, 0.15) is 29.5 Å². The smallest absolute Gasteiger partial charge is 0.267 e. The molecule has 2 aromatic heterocycles. The van der Waals surface area contributed by atoms with E-state index in [0.717, 1.165) is 36.3 Å². The lowest BCUT2D eigenvalue weighted by atomic mass is 10.1. The van der Waals surface area contributed by atoms with Gasteiger partial charge in [0, 0.05) is 6.07 Å². The number of nitrogens with one attached hydrogen (secondary N) is 1. The number of ether oxygens (including phenoxy) is 1. The van der Waals surface area contributed by atoms with Gasteiger partial charge in [-0.3, -0.25) is 4.79 Å². The predicted octanol–water partition coefficient (Wildman–Crippen LogP) is 1.82. The van der Waals surface area contributed by atoms with Gasteiger partial charge in [-0.2, -0.15) is 5.10 Å². The third-order valence-corrected chi connectivity index (χ3v) is 4.94. The van der Waals surface area contributed by atoms with Crippen molar-refractivity contribution in [2.45, 2.75) is 37.9 Å². The Morgan fingerprint density at radius 3 is 3.09 bits per heavy atom. The van der Waals surface area contributed by atoms with Crippen molar-refractivity contribution < 1.29 is 9.15 Å². The van der Waals surface area contributed by atoms with Gasteiger partial charge in [-0.15, -0.1) is 0 Å². The fourth-order valence-electron chi connectivity index (χ4n) is 3.31. The molecule has 0 bridgehead atoms. The van der Waals surface area contributed by atoms with E-state index < -0.39 is 0 Å². The van der Waals surface area contributed by atoms with Crippen LogP contribution in [-0.2, 0) is 24.1 Å². The van der Waals surface area contributed by atoms with E-state index >= 15 is 0 Å². The van der Waals surface area contributed by atoms with Crippen LogP contribution < -0.4 is 10.9 Å². The van der Waals surface area contributed by atoms with Crippen LogP contribution in [0.15, 0.2) is 32.1 Å². The van der Waals surface area contributed by atoms with Gasteiger partial charge in [-0.25, -0.2) is 4.68 Å². The molecule has 1 N–H and O–H groups in total. The molecule has 3 heterocycles. The highest BCUT2D eigenvalue weighted by atomic mass is 79.9. The minimum absolute atomic E-state index is 0.0336. The first-order valence-corrected chi connectivity index (χ1v) is 8.67. The summed E-state index contributed by atoms with van der Waals surface area (Å²) in [7, 11) is 0. The standard InChI is InChI=1S/C16H18BrN3O3/c17-15-5-4-11(23-15)7-18-13-8-22-9-14(13)20-16(21)6-10-2-1-3-12(10)19-20/h4-6,13-14,18H,1-3,7-9H2. The summed E-state index contributed by atoms with van der Waals surface area (Å²) in [5, 5.41) is 8.01. The summed E-state index contributed by atoms with van der Waals surface area (Å²) in [5.41, 5.74) is 2.13. The fourth-order valence-corrected chi connectivity index (χ4v) is 3.65. The number of halogens is 1. The summed E-state index contributed by atoms with van der Waals surface area (Å²) in [4.78, 5) is 12.4. The molecule has 0 amide bonds. The average Bonchev–Trinajstić information content (AvgIpc) is 3.24. The first kappa shape index (κ1) is 15.1. The van der Waals surface area contributed by atoms with Crippen LogP contribution in [-0.4, -0.2) is 29.0 Å². The first-order valence-electron chi connectivity index (χ1n) is 7.87. The van der Waals surface area contributed by atoms with E-state index in [1.165, 1.54) is 0 Å². The SMILES string of the molecule is O=c1cc2c(nn1C1COCC1NCc1ccc(Br)o1)CCC2. The van der Waals surface area contributed by atoms with Crippen molar-refractivity contribution in [1.29, 1.82) is 0 Å². The summed E-state index contributed by atoms with van der Waals surface area (Å²) in [5.74, 6) is 0.844. The second-order valence-corrected chi connectivity index (χ2v) is 6.83. The Hall–Kier alpha value is -1.44. The van der Waals surface area contributed by atoms with E-state index in [2.05, 4.69) is 26.3 Å². The van der Waals surface area contributed by atoms with Crippen molar-refractivity contribution in [3.8, 4) is 0 Å². The van der Waals surface area contributed by atoms with Crippen molar-refractivity contribution in [2.75, 3.05) is 13.2 Å². The number of hydrogen-bond donors (Lipinski definition) is 1. The Labute approximate surface area is 142 Å². The van der Waals surface area contributed by atoms with Crippen molar-refractivity contribution in [3.05, 3.63) is 50.2 Å². The molecule has 0 spiro atoms. The topological polar surface area (TPSA) is 69.3 Å². The lowest BCUT2D eigenvalue weighted by Gasteiger charge is -2.20. The number of fused-ring (bicyclic) bond motifs is 1. The maximum absolute atomic E-state index is 12.4. The molecule has 1 saturated heterocycles. The van der Waals surface area contributed by atoms with E-state index in [4.69, 9.17) is 9.15 Å². The quantitative estimate of drug-likeness (QED) is 0.877. The highest BCUT2D eigenvalue weighted by molar-refractivity contribution is 9.10. The molecule has 1 aliphatic heterocycles. The monoisotopic (exact) mass is 379 g/mol. The van der Waals surface area contributed by atoms with Crippen molar-refractivity contribution >= 4 is 15.9 Å².